The molecule has 1 aromatic carbocycles. The van der Waals surface area contributed by atoms with E-state index in [0.717, 1.165) is 44.7 Å². The molecule has 2 atom stereocenters. The van der Waals surface area contributed by atoms with E-state index in [1.807, 2.05) is 12.1 Å². The van der Waals surface area contributed by atoms with Crippen molar-refractivity contribution in [2.24, 2.45) is 5.41 Å². The normalized spacial score (nSPS) is 26.2. The molecule has 0 radical (unpaired) electrons. The average molecular weight is 433 g/mol. The topological polar surface area (TPSA) is 65.1 Å². The Morgan fingerprint density at radius 2 is 1.90 bits per heavy atom. The predicted octanol–water partition coefficient (Wildman–Crippen LogP) is 2.46. The number of ether oxygens (including phenoxy) is 1. The lowest BCUT2D eigenvalue weighted by Crippen LogP contribution is -2.52. The summed E-state index contributed by atoms with van der Waals surface area (Å²) in [6, 6.07) is 7.28. The number of piperidine rings is 1. The van der Waals surface area contributed by atoms with Crippen LogP contribution in [-0.4, -0.2) is 80.3 Å². The molecule has 4 rings (SSSR count). The molecular weight excluding hydrogens is 399 g/mol. The minimum atomic E-state index is -0.330. The first-order valence-corrected chi connectivity index (χ1v) is 11.3. The first kappa shape index (κ1) is 21.9. The van der Waals surface area contributed by atoms with Crippen molar-refractivity contribution in [3.8, 4) is 0 Å². The summed E-state index contributed by atoms with van der Waals surface area (Å²) in [6.45, 7) is 7.15. The van der Waals surface area contributed by atoms with Gasteiger partial charge in [0.1, 0.15) is 5.82 Å². The van der Waals surface area contributed by atoms with Gasteiger partial charge in [-0.1, -0.05) is 0 Å². The van der Waals surface area contributed by atoms with Gasteiger partial charge in [0, 0.05) is 57.0 Å². The zero-order valence-corrected chi connectivity index (χ0v) is 18.5. The third-order valence-electron chi connectivity index (χ3n) is 7.27. The molecule has 3 aliphatic heterocycles. The van der Waals surface area contributed by atoms with Crippen LogP contribution in [0.4, 0.5) is 14.9 Å². The van der Waals surface area contributed by atoms with Crippen LogP contribution in [0.3, 0.4) is 0 Å². The van der Waals surface area contributed by atoms with Gasteiger partial charge in [0.2, 0.25) is 5.91 Å². The maximum absolute atomic E-state index is 13.2. The second-order valence-corrected chi connectivity index (χ2v) is 9.22. The Morgan fingerprint density at radius 1 is 1.19 bits per heavy atom. The summed E-state index contributed by atoms with van der Waals surface area (Å²) >= 11 is 0. The van der Waals surface area contributed by atoms with Gasteiger partial charge in [-0.05, 0) is 56.9 Å². The van der Waals surface area contributed by atoms with Crippen molar-refractivity contribution in [3.05, 3.63) is 30.1 Å². The lowest BCUT2D eigenvalue weighted by Gasteiger charge is -2.41. The quantitative estimate of drug-likeness (QED) is 0.792. The molecule has 0 aromatic heterocycles. The zero-order valence-electron chi connectivity index (χ0n) is 18.5. The van der Waals surface area contributed by atoms with Crippen molar-refractivity contribution < 1.29 is 18.7 Å². The third kappa shape index (κ3) is 4.63. The first-order chi connectivity index (χ1) is 14.9. The molecule has 3 fully saturated rings. The number of carbonyl (C=O) groups excluding carboxylic acids is 2. The van der Waals surface area contributed by atoms with Crippen LogP contribution in [0, 0.1) is 11.2 Å². The molecule has 2 amide bonds. The van der Waals surface area contributed by atoms with Crippen molar-refractivity contribution in [3.63, 3.8) is 0 Å². The minimum Gasteiger partial charge on any atom is -0.453 e. The van der Waals surface area contributed by atoms with Gasteiger partial charge < -0.3 is 19.9 Å². The summed E-state index contributed by atoms with van der Waals surface area (Å²) in [5, 5.41) is 3.22. The van der Waals surface area contributed by atoms with E-state index in [2.05, 4.69) is 22.0 Å². The van der Waals surface area contributed by atoms with E-state index in [4.69, 9.17) is 4.74 Å². The van der Waals surface area contributed by atoms with E-state index >= 15 is 0 Å². The molecule has 8 heteroatoms. The van der Waals surface area contributed by atoms with Crippen LogP contribution in [0.15, 0.2) is 24.3 Å². The number of carbonyl (C=O) groups is 2. The monoisotopic (exact) mass is 432 g/mol. The number of nitrogens with zero attached hydrogens (tertiary/aromatic N) is 3. The largest absolute Gasteiger partial charge is 0.453 e. The summed E-state index contributed by atoms with van der Waals surface area (Å²) in [4.78, 5) is 30.9. The van der Waals surface area contributed by atoms with Gasteiger partial charge in [-0.3, -0.25) is 9.69 Å². The Hall–Kier alpha value is -2.35. The van der Waals surface area contributed by atoms with E-state index in [-0.39, 0.29) is 29.3 Å². The molecule has 0 aliphatic carbocycles. The fourth-order valence-electron chi connectivity index (χ4n) is 5.40. The average Bonchev–Trinajstić information content (AvgIpc) is 3.08. The SMILES string of the molecule is COC(=O)N1CCC2(CC1)C[C@H](CCN1CCN(c3ccc(F)cc3)[C@@H](C)C1)NC2=O. The summed E-state index contributed by atoms with van der Waals surface area (Å²) in [7, 11) is 1.39. The smallest absolute Gasteiger partial charge is 0.409 e. The molecule has 1 spiro atoms. The van der Waals surface area contributed by atoms with Crippen LogP contribution in [0.25, 0.3) is 0 Å². The Labute approximate surface area is 183 Å². The standard InChI is InChI=1S/C23H33FN4O3/c1-17-16-26(13-14-28(17)20-5-3-18(24)4-6-20)10-7-19-15-23(21(29)25-19)8-11-27(12-9-23)22(30)31-2/h3-6,17,19H,7-16H2,1-2H3,(H,25,29)/t17-,19-/m0/s1. The van der Waals surface area contributed by atoms with Crippen LogP contribution in [-0.2, 0) is 9.53 Å². The number of benzene rings is 1. The lowest BCUT2D eigenvalue weighted by atomic mass is 9.76. The summed E-state index contributed by atoms with van der Waals surface area (Å²) < 4.78 is 18.0. The fourth-order valence-corrected chi connectivity index (χ4v) is 5.40. The number of hydrogen-bond donors (Lipinski definition) is 1. The minimum absolute atomic E-state index is 0.150. The Bertz CT molecular complexity index is 795. The molecule has 0 saturated carbocycles. The number of piperazine rings is 1. The van der Waals surface area contributed by atoms with Crippen molar-refractivity contribution in [1.82, 2.24) is 15.1 Å². The van der Waals surface area contributed by atoms with Crippen molar-refractivity contribution >= 4 is 17.7 Å². The number of amides is 2. The number of hydrogen-bond acceptors (Lipinski definition) is 5. The molecule has 3 aliphatic rings. The summed E-state index contributed by atoms with van der Waals surface area (Å²) in [5.41, 5.74) is 0.737. The lowest BCUT2D eigenvalue weighted by molar-refractivity contribution is -0.129. The molecular formula is C23H33FN4O3. The summed E-state index contributed by atoms with van der Waals surface area (Å²) in [5.74, 6) is -0.0566. The van der Waals surface area contributed by atoms with Gasteiger partial charge in [0.15, 0.2) is 0 Å². The molecule has 170 valence electrons. The van der Waals surface area contributed by atoms with Gasteiger partial charge in [-0.25, -0.2) is 9.18 Å². The highest BCUT2D eigenvalue weighted by Crippen LogP contribution is 2.41. The van der Waals surface area contributed by atoms with E-state index in [9.17, 15) is 14.0 Å². The number of methoxy groups -OCH3 is 1. The van der Waals surface area contributed by atoms with Gasteiger partial charge in [-0.2, -0.15) is 0 Å². The fraction of sp³-hybridized carbons (Fsp3) is 0.652. The highest BCUT2D eigenvalue weighted by atomic mass is 19.1. The van der Waals surface area contributed by atoms with E-state index in [0.29, 0.717) is 32.0 Å². The molecule has 1 aromatic rings. The van der Waals surface area contributed by atoms with Gasteiger partial charge in [-0.15, -0.1) is 0 Å². The molecule has 0 unspecified atom stereocenters. The zero-order chi connectivity index (χ0) is 22.0. The third-order valence-corrected chi connectivity index (χ3v) is 7.27. The molecule has 0 bridgehead atoms. The van der Waals surface area contributed by atoms with E-state index in [1.165, 1.54) is 19.2 Å². The van der Waals surface area contributed by atoms with Crippen LogP contribution >= 0.6 is 0 Å². The maximum atomic E-state index is 13.2. The van der Waals surface area contributed by atoms with Crippen LogP contribution in [0.5, 0.6) is 0 Å². The first-order valence-electron chi connectivity index (χ1n) is 11.3. The van der Waals surface area contributed by atoms with Crippen LogP contribution in [0.1, 0.15) is 32.6 Å². The highest BCUT2D eigenvalue weighted by molar-refractivity contribution is 5.85. The second kappa shape index (κ2) is 9.02. The van der Waals surface area contributed by atoms with Crippen molar-refractivity contribution in [2.75, 3.05) is 51.3 Å². The Balaban J connectivity index is 1.25. The molecule has 1 N–H and O–H groups in total. The van der Waals surface area contributed by atoms with Crippen LogP contribution < -0.4 is 10.2 Å². The highest BCUT2D eigenvalue weighted by Gasteiger charge is 2.48. The van der Waals surface area contributed by atoms with Gasteiger partial charge in [0.05, 0.1) is 12.5 Å². The van der Waals surface area contributed by atoms with Crippen LogP contribution in [0.2, 0.25) is 0 Å². The van der Waals surface area contributed by atoms with E-state index < -0.39 is 0 Å². The van der Waals surface area contributed by atoms with Crippen molar-refractivity contribution in [2.45, 2.75) is 44.7 Å². The second-order valence-electron chi connectivity index (χ2n) is 9.22. The number of rotatable bonds is 4. The number of halogens is 1. The van der Waals surface area contributed by atoms with Crippen molar-refractivity contribution in [1.29, 1.82) is 0 Å². The number of nitrogens with one attached hydrogen (secondary N) is 1. The Morgan fingerprint density at radius 3 is 2.55 bits per heavy atom. The molecule has 3 heterocycles. The summed E-state index contributed by atoms with van der Waals surface area (Å²) in [6.07, 6.45) is 2.90. The van der Waals surface area contributed by atoms with E-state index in [1.54, 1.807) is 4.90 Å². The molecule has 3 saturated heterocycles. The maximum Gasteiger partial charge on any atom is 0.409 e. The Kier molecular flexibility index (Phi) is 6.36. The predicted molar refractivity (Wildman–Crippen MR) is 116 cm³/mol. The van der Waals surface area contributed by atoms with Gasteiger partial charge in [0.25, 0.3) is 0 Å². The molecule has 7 nitrogen and oxygen atoms in total. The van der Waals surface area contributed by atoms with Gasteiger partial charge >= 0.3 is 6.09 Å². The molecule has 31 heavy (non-hydrogen) atoms. The number of anilines is 1. The number of likely N-dealkylation sites (tertiary alicyclic amines) is 1.